The molecule has 1 unspecified atom stereocenters. The Kier molecular flexibility index (Phi) is 3.33. The zero-order chi connectivity index (χ0) is 11.7. The molecular formula is C13H23N3. The summed E-state index contributed by atoms with van der Waals surface area (Å²) in [6.45, 7) is 4.30. The maximum absolute atomic E-state index is 4.53. The lowest BCUT2D eigenvalue weighted by Gasteiger charge is -2.23. The molecule has 1 N–H and O–H groups in total. The summed E-state index contributed by atoms with van der Waals surface area (Å²) in [6, 6.07) is 0.496. The summed E-state index contributed by atoms with van der Waals surface area (Å²) in [5.74, 6) is 0.798. The second-order valence-electron chi connectivity index (χ2n) is 5.02. The Morgan fingerprint density at radius 1 is 1.31 bits per heavy atom. The summed E-state index contributed by atoms with van der Waals surface area (Å²) in [6.07, 6.45) is 5.50. The van der Waals surface area contributed by atoms with Crippen molar-refractivity contribution in [3.05, 3.63) is 17.0 Å². The SMILES string of the molecule is CNC(c1c(C)nn(C)c1C)C1CCCC1. The molecule has 0 bridgehead atoms. The van der Waals surface area contributed by atoms with Gasteiger partial charge in [-0.3, -0.25) is 4.68 Å². The lowest BCUT2D eigenvalue weighted by molar-refractivity contribution is 0.387. The lowest BCUT2D eigenvalue weighted by Crippen LogP contribution is -2.24. The van der Waals surface area contributed by atoms with E-state index in [-0.39, 0.29) is 0 Å². The first-order valence-electron chi connectivity index (χ1n) is 6.32. The monoisotopic (exact) mass is 221 g/mol. The zero-order valence-electron chi connectivity index (χ0n) is 10.9. The van der Waals surface area contributed by atoms with E-state index in [9.17, 15) is 0 Å². The first kappa shape index (κ1) is 11.6. The Morgan fingerprint density at radius 2 is 1.94 bits per heavy atom. The lowest BCUT2D eigenvalue weighted by atomic mass is 9.90. The first-order valence-corrected chi connectivity index (χ1v) is 6.32. The van der Waals surface area contributed by atoms with E-state index in [1.807, 2.05) is 11.7 Å². The van der Waals surface area contributed by atoms with Crippen molar-refractivity contribution in [1.82, 2.24) is 15.1 Å². The molecule has 1 atom stereocenters. The zero-order valence-corrected chi connectivity index (χ0v) is 10.9. The third kappa shape index (κ3) is 1.88. The number of aromatic nitrogens is 2. The van der Waals surface area contributed by atoms with Gasteiger partial charge < -0.3 is 5.32 Å². The van der Waals surface area contributed by atoms with Gasteiger partial charge in [-0.2, -0.15) is 5.10 Å². The first-order chi connectivity index (χ1) is 7.65. The van der Waals surface area contributed by atoms with E-state index in [1.54, 1.807) is 0 Å². The Labute approximate surface area is 98.2 Å². The highest BCUT2D eigenvalue weighted by molar-refractivity contribution is 5.29. The van der Waals surface area contributed by atoms with Crippen LogP contribution in [-0.4, -0.2) is 16.8 Å². The van der Waals surface area contributed by atoms with Gasteiger partial charge in [0.1, 0.15) is 0 Å². The summed E-state index contributed by atoms with van der Waals surface area (Å²) in [4.78, 5) is 0. The van der Waals surface area contributed by atoms with E-state index in [0.717, 1.165) is 5.92 Å². The van der Waals surface area contributed by atoms with Crippen LogP contribution in [0, 0.1) is 19.8 Å². The van der Waals surface area contributed by atoms with E-state index in [1.165, 1.54) is 42.6 Å². The molecule has 3 heteroatoms. The minimum Gasteiger partial charge on any atom is -0.313 e. The van der Waals surface area contributed by atoms with Crippen molar-refractivity contribution in [2.75, 3.05) is 7.05 Å². The van der Waals surface area contributed by atoms with Crippen LogP contribution < -0.4 is 5.32 Å². The predicted molar refractivity (Wildman–Crippen MR) is 66.4 cm³/mol. The summed E-state index contributed by atoms with van der Waals surface area (Å²) < 4.78 is 2.00. The van der Waals surface area contributed by atoms with Crippen LogP contribution in [0.5, 0.6) is 0 Å². The molecule has 1 saturated carbocycles. The van der Waals surface area contributed by atoms with Gasteiger partial charge in [-0.05, 0) is 39.7 Å². The molecule has 3 nitrogen and oxygen atoms in total. The standard InChI is InChI=1S/C13H23N3/c1-9-12(10(2)16(4)15-9)13(14-3)11-7-5-6-8-11/h11,13-14H,5-8H2,1-4H3. The minimum atomic E-state index is 0.496. The summed E-state index contributed by atoms with van der Waals surface area (Å²) in [5, 5.41) is 8.03. The molecule has 0 aromatic carbocycles. The predicted octanol–water partition coefficient (Wildman–Crippen LogP) is 2.49. The summed E-state index contributed by atoms with van der Waals surface area (Å²) in [7, 11) is 4.11. The molecule has 0 aliphatic heterocycles. The maximum atomic E-state index is 4.53. The van der Waals surface area contributed by atoms with Crippen LogP contribution in [0.3, 0.4) is 0 Å². The van der Waals surface area contributed by atoms with Crippen LogP contribution in [0.2, 0.25) is 0 Å². The number of nitrogens with one attached hydrogen (secondary N) is 1. The molecule has 1 aromatic rings. The van der Waals surface area contributed by atoms with Gasteiger partial charge in [0.15, 0.2) is 0 Å². The fourth-order valence-electron chi connectivity index (χ4n) is 3.15. The fourth-order valence-corrected chi connectivity index (χ4v) is 3.15. The average Bonchev–Trinajstić information content (AvgIpc) is 2.84. The minimum absolute atomic E-state index is 0.496. The van der Waals surface area contributed by atoms with Crippen LogP contribution in [-0.2, 0) is 7.05 Å². The Hall–Kier alpha value is -0.830. The van der Waals surface area contributed by atoms with Crippen molar-refractivity contribution in [1.29, 1.82) is 0 Å². The largest absolute Gasteiger partial charge is 0.313 e. The highest BCUT2D eigenvalue weighted by Crippen LogP contribution is 2.37. The van der Waals surface area contributed by atoms with Crippen molar-refractivity contribution in [3.63, 3.8) is 0 Å². The molecule has 1 aliphatic carbocycles. The summed E-state index contributed by atoms with van der Waals surface area (Å²) >= 11 is 0. The number of rotatable bonds is 3. The smallest absolute Gasteiger partial charge is 0.0644 e. The second-order valence-corrected chi connectivity index (χ2v) is 5.02. The molecule has 16 heavy (non-hydrogen) atoms. The van der Waals surface area contributed by atoms with Gasteiger partial charge >= 0.3 is 0 Å². The molecule has 0 saturated heterocycles. The highest BCUT2D eigenvalue weighted by Gasteiger charge is 2.28. The van der Waals surface area contributed by atoms with Gasteiger partial charge in [-0.25, -0.2) is 0 Å². The van der Waals surface area contributed by atoms with E-state index >= 15 is 0 Å². The maximum Gasteiger partial charge on any atom is 0.0644 e. The van der Waals surface area contributed by atoms with Crippen molar-refractivity contribution in [2.24, 2.45) is 13.0 Å². The fraction of sp³-hybridized carbons (Fsp3) is 0.769. The van der Waals surface area contributed by atoms with Gasteiger partial charge in [0.2, 0.25) is 0 Å². The average molecular weight is 221 g/mol. The van der Waals surface area contributed by atoms with E-state index in [2.05, 4.69) is 31.3 Å². The number of aryl methyl sites for hydroxylation is 2. The molecule has 2 rings (SSSR count). The van der Waals surface area contributed by atoms with Crippen molar-refractivity contribution < 1.29 is 0 Å². The van der Waals surface area contributed by atoms with E-state index < -0.39 is 0 Å². The van der Waals surface area contributed by atoms with E-state index in [4.69, 9.17) is 0 Å². The Balaban J connectivity index is 2.32. The summed E-state index contributed by atoms with van der Waals surface area (Å²) in [5.41, 5.74) is 3.92. The number of hydrogen-bond acceptors (Lipinski definition) is 2. The topological polar surface area (TPSA) is 29.9 Å². The van der Waals surface area contributed by atoms with Crippen molar-refractivity contribution in [2.45, 2.75) is 45.6 Å². The number of nitrogens with zero attached hydrogens (tertiary/aromatic N) is 2. The van der Waals surface area contributed by atoms with Crippen molar-refractivity contribution >= 4 is 0 Å². The normalized spacial score (nSPS) is 19.2. The Morgan fingerprint density at radius 3 is 2.38 bits per heavy atom. The molecule has 1 aliphatic rings. The molecule has 1 fully saturated rings. The van der Waals surface area contributed by atoms with Gasteiger partial charge in [0.05, 0.1) is 5.69 Å². The molecule has 0 spiro atoms. The van der Waals surface area contributed by atoms with Gasteiger partial charge in [-0.1, -0.05) is 12.8 Å². The molecule has 1 aromatic heterocycles. The molecule has 0 radical (unpaired) electrons. The van der Waals surface area contributed by atoms with Crippen LogP contribution >= 0.6 is 0 Å². The third-order valence-corrected chi connectivity index (χ3v) is 4.06. The quantitative estimate of drug-likeness (QED) is 0.850. The molecule has 1 heterocycles. The van der Waals surface area contributed by atoms with Crippen LogP contribution in [0.15, 0.2) is 0 Å². The van der Waals surface area contributed by atoms with Crippen LogP contribution in [0.4, 0.5) is 0 Å². The van der Waals surface area contributed by atoms with Gasteiger partial charge in [-0.15, -0.1) is 0 Å². The molecule has 90 valence electrons. The molecule has 0 amide bonds. The van der Waals surface area contributed by atoms with E-state index in [0.29, 0.717) is 6.04 Å². The van der Waals surface area contributed by atoms with Crippen molar-refractivity contribution in [3.8, 4) is 0 Å². The number of hydrogen-bond donors (Lipinski definition) is 1. The molecular weight excluding hydrogens is 198 g/mol. The Bertz CT molecular complexity index is 361. The van der Waals surface area contributed by atoms with Gasteiger partial charge in [0.25, 0.3) is 0 Å². The van der Waals surface area contributed by atoms with Gasteiger partial charge in [0, 0.05) is 24.3 Å². The highest BCUT2D eigenvalue weighted by atomic mass is 15.3. The second kappa shape index (κ2) is 4.58. The van der Waals surface area contributed by atoms with Crippen LogP contribution in [0.25, 0.3) is 0 Å². The third-order valence-electron chi connectivity index (χ3n) is 4.06. The van der Waals surface area contributed by atoms with Crippen LogP contribution in [0.1, 0.15) is 48.7 Å².